The van der Waals surface area contributed by atoms with Gasteiger partial charge >= 0.3 is 5.97 Å². The van der Waals surface area contributed by atoms with E-state index in [9.17, 15) is 9.90 Å². The van der Waals surface area contributed by atoms with Crippen LogP contribution >= 0.6 is 0 Å². The average Bonchev–Trinajstić information content (AvgIpc) is 2.93. The van der Waals surface area contributed by atoms with Crippen molar-refractivity contribution in [2.24, 2.45) is 0 Å². The van der Waals surface area contributed by atoms with Crippen LogP contribution in [0.4, 0.5) is 5.95 Å². The fourth-order valence-electron chi connectivity index (χ4n) is 2.51. The van der Waals surface area contributed by atoms with Gasteiger partial charge < -0.3 is 19.9 Å². The SMILES string of the molecule is COc1ccc([C@@H]2C=C(C(=O)O)Nc3nc(C)nn32)c(OC)c1. The highest BCUT2D eigenvalue weighted by molar-refractivity contribution is 5.90. The molecule has 2 aromatic rings. The van der Waals surface area contributed by atoms with E-state index in [0.29, 0.717) is 23.3 Å². The predicted molar refractivity (Wildman–Crippen MR) is 81.8 cm³/mol. The molecule has 2 heterocycles. The van der Waals surface area contributed by atoms with Crippen LogP contribution in [0, 0.1) is 6.92 Å². The molecule has 0 saturated heterocycles. The second kappa shape index (κ2) is 5.64. The van der Waals surface area contributed by atoms with Gasteiger partial charge in [-0.15, -0.1) is 0 Å². The fraction of sp³-hybridized carbons (Fsp3) is 0.267. The molecule has 0 spiro atoms. The van der Waals surface area contributed by atoms with E-state index in [1.807, 2.05) is 6.07 Å². The van der Waals surface area contributed by atoms with Crippen LogP contribution < -0.4 is 14.8 Å². The van der Waals surface area contributed by atoms with E-state index in [2.05, 4.69) is 15.4 Å². The summed E-state index contributed by atoms with van der Waals surface area (Å²) in [5, 5.41) is 16.4. The number of allylic oxidation sites excluding steroid dienone is 1. The highest BCUT2D eigenvalue weighted by Crippen LogP contribution is 2.36. The van der Waals surface area contributed by atoms with Gasteiger partial charge in [-0.05, 0) is 25.1 Å². The first-order valence-electron chi connectivity index (χ1n) is 6.90. The minimum Gasteiger partial charge on any atom is -0.497 e. The van der Waals surface area contributed by atoms with E-state index in [0.717, 1.165) is 5.56 Å². The zero-order valence-electron chi connectivity index (χ0n) is 12.9. The largest absolute Gasteiger partial charge is 0.497 e. The molecule has 0 saturated carbocycles. The molecule has 1 aromatic heterocycles. The first-order chi connectivity index (χ1) is 11.0. The Morgan fingerprint density at radius 1 is 1.35 bits per heavy atom. The number of nitrogens with zero attached hydrogens (tertiary/aromatic N) is 3. The lowest BCUT2D eigenvalue weighted by atomic mass is 10.0. The molecular weight excluding hydrogens is 300 g/mol. The number of rotatable bonds is 4. The Kier molecular flexibility index (Phi) is 3.65. The van der Waals surface area contributed by atoms with E-state index >= 15 is 0 Å². The summed E-state index contributed by atoms with van der Waals surface area (Å²) in [6.45, 7) is 1.75. The second-order valence-corrected chi connectivity index (χ2v) is 4.99. The minimum atomic E-state index is -1.06. The Hall–Kier alpha value is -3.03. The summed E-state index contributed by atoms with van der Waals surface area (Å²) in [5.74, 6) is 1.10. The van der Waals surface area contributed by atoms with Gasteiger partial charge in [0.25, 0.3) is 0 Å². The molecule has 1 aliphatic rings. The molecule has 0 amide bonds. The Balaban J connectivity index is 2.15. The molecule has 0 fully saturated rings. The van der Waals surface area contributed by atoms with Gasteiger partial charge in [-0.3, -0.25) is 0 Å². The number of hydrogen-bond donors (Lipinski definition) is 2. The van der Waals surface area contributed by atoms with E-state index in [-0.39, 0.29) is 5.70 Å². The van der Waals surface area contributed by atoms with E-state index in [1.165, 1.54) is 0 Å². The average molecular weight is 316 g/mol. The molecule has 0 aliphatic carbocycles. The number of methoxy groups -OCH3 is 2. The molecule has 1 aromatic carbocycles. The zero-order valence-corrected chi connectivity index (χ0v) is 12.9. The molecule has 0 bridgehead atoms. The van der Waals surface area contributed by atoms with Gasteiger partial charge in [-0.2, -0.15) is 10.1 Å². The molecule has 1 aliphatic heterocycles. The topological polar surface area (TPSA) is 98.5 Å². The van der Waals surface area contributed by atoms with Crippen molar-refractivity contribution in [1.82, 2.24) is 14.8 Å². The number of carboxylic acid groups (broad SMARTS) is 1. The smallest absolute Gasteiger partial charge is 0.352 e. The maximum Gasteiger partial charge on any atom is 0.352 e. The molecule has 0 unspecified atom stereocenters. The molecule has 8 heteroatoms. The van der Waals surface area contributed by atoms with Gasteiger partial charge in [0.1, 0.15) is 29.1 Å². The first-order valence-corrected chi connectivity index (χ1v) is 6.90. The van der Waals surface area contributed by atoms with Crippen molar-refractivity contribution in [3.8, 4) is 11.5 Å². The molecule has 2 N–H and O–H groups in total. The van der Waals surface area contributed by atoms with Gasteiger partial charge in [0.05, 0.1) is 14.2 Å². The number of aryl methyl sites for hydroxylation is 1. The van der Waals surface area contributed by atoms with Gasteiger partial charge in [0.15, 0.2) is 0 Å². The van der Waals surface area contributed by atoms with E-state index in [4.69, 9.17) is 9.47 Å². The van der Waals surface area contributed by atoms with Crippen LogP contribution in [0.15, 0.2) is 30.0 Å². The van der Waals surface area contributed by atoms with Crippen molar-refractivity contribution in [3.63, 3.8) is 0 Å². The third kappa shape index (κ3) is 2.59. The fourth-order valence-corrected chi connectivity index (χ4v) is 2.51. The van der Waals surface area contributed by atoms with Crippen molar-refractivity contribution in [2.75, 3.05) is 19.5 Å². The number of carboxylic acids is 1. The van der Waals surface area contributed by atoms with Crippen LogP contribution in [0.5, 0.6) is 11.5 Å². The quantitative estimate of drug-likeness (QED) is 0.883. The molecular formula is C15H16N4O4. The molecule has 3 rings (SSSR count). The van der Waals surface area contributed by atoms with Gasteiger partial charge in [-0.1, -0.05) is 0 Å². The lowest BCUT2D eigenvalue weighted by molar-refractivity contribution is -0.132. The third-order valence-electron chi connectivity index (χ3n) is 3.56. The summed E-state index contributed by atoms with van der Waals surface area (Å²) in [5.41, 5.74) is 0.812. The van der Waals surface area contributed by atoms with Crippen molar-refractivity contribution in [3.05, 3.63) is 41.4 Å². The number of ether oxygens (including phenoxy) is 2. The van der Waals surface area contributed by atoms with Gasteiger partial charge in [0, 0.05) is 11.6 Å². The van der Waals surface area contributed by atoms with Crippen LogP contribution in [-0.4, -0.2) is 40.1 Å². The summed E-state index contributed by atoms with van der Waals surface area (Å²) in [6, 6.07) is 4.91. The Morgan fingerprint density at radius 2 is 2.13 bits per heavy atom. The summed E-state index contributed by atoms with van der Waals surface area (Å²) < 4.78 is 12.2. The minimum absolute atomic E-state index is 0.0489. The Bertz CT molecular complexity index is 797. The number of hydrogen-bond acceptors (Lipinski definition) is 6. The van der Waals surface area contributed by atoms with Crippen LogP contribution in [0.25, 0.3) is 0 Å². The first kappa shape index (κ1) is 14.9. The highest BCUT2D eigenvalue weighted by Gasteiger charge is 2.28. The van der Waals surface area contributed by atoms with Crippen LogP contribution in [-0.2, 0) is 4.79 Å². The second-order valence-electron chi connectivity index (χ2n) is 4.99. The predicted octanol–water partition coefficient (Wildman–Crippen LogP) is 1.59. The van der Waals surface area contributed by atoms with Crippen LogP contribution in [0.3, 0.4) is 0 Å². The number of carbonyl (C=O) groups is 1. The molecule has 23 heavy (non-hydrogen) atoms. The number of nitrogens with one attached hydrogen (secondary N) is 1. The Labute approximate surface area is 132 Å². The van der Waals surface area contributed by atoms with Crippen molar-refractivity contribution < 1.29 is 19.4 Å². The molecule has 120 valence electrons. The molecule has 0 radical (unpaired) electrons. The maximum absolute atomic E-state index is 11.4. The number of aliphatic carboxylic acids is 1. The number of aromatic nitrogens is 3. The number of anilines is 1. The van der Waals surface area contributed by atoms with Gasteiger partial charge in [0.2, 0.25) is 5.95 Å². The summed E-state index contributed by atoms with van der Waals surface area (Å²) in [6.07, 6.45) is 1.58. The lowest BCUT2D eigenvalue weighted by Gasteiger charge is -2.24. The summed E-state index contributed by atoms with van der Waals surface area (Å²) in [7, 11) is 3.12. The molecule has 8 nitrogen and oxygen atoms in total. The maximum atomic E-state index is 11.4. The highest BCUT2D eigenvalue weighted by atomic mass is 16.5. The van der Waals surface area contributed by atoms with Gasteiger partial charge in [-0.25, -0.2) is 9.48 Å². The van der Waals surface area contributed by atoms with E-state index in [1.54, 1.807) is 44.0 Å². The monoisotopic (exact) mass is 316 g/mol. The number of benzene rings is 1. The summed E-state index contributed by atoms with van der Waals surface area (Å²) in [4.78, 5) is 15.6. The summed E-state index contributed by atoms with van der Waals surface area (Å²) >= 11 is 0. The van der Waals surface area contributed by atoms with Crippen molar-refractivity contribution in [1.29, 1.82) is 0 Å². The normalized spacial score (nSPS) is 16.1. The van der Waals surface area contributed by atoms with Crippen LogP contribution in [0.1, 0.15) is 17.4 Å². The van der Waals surface area contributed by atoms with Crippen LogP contribution in [0.2, 0.25) is 0 Å². The lowest BCUT2D eigenvalue weighted by Crippen LogP contribution is -2.24. The number of fused-ring (bicyclic) bond motifs is 1. The van der Waals surface area contributed by atoms with E-state index < -0.39 is 12.0 Å². The molecule has 1 atom stereocenters. The standard InChI is InChI=1S/C15H16N4O4/c1-8-16-15-17-11(14(20)21)7-12(19(15)18-8)10-5-4-9(22-2)6-13(10)23-3/h4-7,12H,1-3H3,(H,20,21)(H,16,17,18)/t12-/m0/s1. The third-order valence-corrected chi connectivity index (χ3v) is 3.56. The zero-order chi connectivity index (χ0) is 16.6. The Morgan fingerprint density at radius 3 is 2.78 bits per heavy atom. The van der Waals surface area contributed by atoms with Crippen molar-refractivity contribution >= 4 is 11.9 Å². The van der Waals surface area contributed by atoms with Crippen molar-refractivity contribution in [2.45, 2.75) is 13.0 Å².